The van der Waals surface area contributed by atoms with Crippen LogP contribution in [0.4, 0.5) is 11.4 Å². The lowest BCUT2D eigenvalue weighted by Gasteiger charge is -2.26. The van der Waals surface area contributed by atoms with Crippen LogP contribution in [0.5, 0.6) is 0 Å². The minimum atomic E-state index is -2.38. The summed E-state index contributed by atoms with van der Waals surface area (Å²) in [5.41, 5.74) is 1.81. The summed E-state index contributed by atoms with van der Waals surface area (Å²) in [5.74, 6) is -0.226. The largest absolute Gasteiger partial charge is 0.349 e. The van der Waals surface area contributed by atoms with Gasteiger partial charge in [-0.15, -0.1) is 0 Å². The molecule has 1 atom stereocenters. The molecule has 0 aliphatic heterocycles. The first-order chi connectivity index (χ1) is 14.1. The number of amides is 1. The molecule has 4 rings (SSSR count). The van der Waals surface area contributed by atoms with Crippen LogP contribution in [0.25, 0.3) is 10.9 Å². The molecule has 0 radical (unpaired) electrons. The summed E-state index contributed by atoms with van der Waals surface area (Å²) >= 11 is -2.38. The van der Waals surface area contributed by atoms with Crippen LogP contribution in [0.2, 0.25) is 0 Å². The third kappa shape index (κ3) is 4.16. The number of rotatable bonds is 5. The standard InChI is InChI=1S/C22H23N3O3S/c26-22(24-17-10-2-1-3-11-17)18-12-4-5-13-19(18)25(29(27)28)20-14-6-8-16-9-7-15-23-21(16)20/h4-9,12-15,17H,1-3,10-11H2,(H,24,26)(H,27,28). The van der Waals surface area contributed by atoms with E-state index >= 15 is 0 Å². The molecule has 0 bridgehead atoms. The maximum absolute atomic E-state index is 13.0. The summed E-state index contributed by atoms with van der Waals surface area (Å²) in [6, 6.07) is 16.2. The van der Waals surface area contributed by atoms with Crippen molar-refractivity contribution in [1.29, 1.82) is 0 Å². The van der Waals surface area contributed by atoms with Crippen molar-refractivity contribution in [3.8, 4) is 0 Å². The Bertz CT molecular complexity index is 1040. The Labute approximate surface area is 172 Å². The van der Waals surface area contributed by atoms with Crippen LogP contribution >= 0.6 is 0 Å². The van der Waals surface area contributed by atoms with Gasteiger partial charge in [-0.2, -0.15) is 0 Å². The van der Waals surface area contributed by atoms with E-state index in [1.54, 1.807) is 36.5 Å². The quantitative estimate of drug-likeness (QED) is 0.605. The Kier molecular flexibility index (Phi) is 5.87. The molecule has 2 aromatic carbocycles. The van der Waals surface area contributed by atoms with Crippen LogP contribution in [-0.2, 0) is 11.3 Å². The molecule has 7 heteroatoms. The molecule has 1 unspecified atom stereocenters. The van der Waals surface area contributed by atoms with Crippen molar-refractivity contribution in [2.45, 2.75) is 38.1 Å². The van der Waals surface area contributed by atoms with Gasteiger partial charge < -0.3 is 5.32 Å². The van der Waals surface area contributed by atoms with Gasteiger partial charge in [-0.05, 0) is 37.1 Å². The SMILES string of the molecule is O=C(NC1CCCCC1)c1ccccc1N(c1cccc2cccnc12)S(=O)O. The number of benzene rings is 2. The van der Waals surface area contributed by atoms with Crippen molar-refractivity contribution in [2.75, 3.05) is 4.31 Å². The van der Waals surface area contributed by atoms with Gasteiger partial charge in [0.1, 0.15) is 0 Å². The summed E-state index contributed by atoms with van der Waals surface area (Å²) in [7, 11) is 0. The third-order valence-electron chi connectivity index (χ3n) is 5.29. The lowest BCUT2D eigenvalue weighted by atomic mass is 9.95. The average molecular weight is 410 g/mol. The lowest BCUT2D eigenvalue weighted by molar-refractivity contribution is 0.0928. The Morgan fingerprint density at radius 3 is 2.52 bits per heavy atom. The van der Waals surface area contributed by atoms with Gasteiger partial charge in [0.05, 0.1) is 22.5 Å². The molecule has 6 nitrogen and oxygen atoms in total. The Balaban J connectivity index is 1.75. The van der Waals surface area contributed by atoms with E-state index in [2.05, 4.69) is 10.3 Å². The maximum atomic E-state index is 13.0. The van der Waals surface area contributed by atoms with E-state index in [4.69, 9.17) is 0 Å². The van der Waals surface area contributed by atoms with Crippen molar-refractivity contribution in [1.82, 2.24) is 10.3 Å². The molecule has 1 aliphatic carbocycles. The molecule has 150 valence electrons. The second-order valence-corrected chi connectivity index (χ2v) is 8.03. The van der Waals surface area contributed by atoms with E-state index in [1.165, 1.54) is 10.7 Å². The van der Waals surface area contributed by atoms with Gasteiger partial charge in [-0.25, -0.2) is 8.51 Å². The lowest BCUT2D eigenvalue weighted by Crippen LogP contribution is -2.37. The molecule has 1 amide bonds. The molecule has 1 aliphatic rings. The van der Waals surface area contributed by atoms with Gasteiger partial charge in [0.2, 0.25) is 0 Å². The van der Waals surface area contributed by atoms with Crippen molar-refractivity contribution in [2.24, 2.45) is 0 Å². The van der Waals surface area contributed by atoms with E-state index < -0.39 is 11.3 Å². The first-order valence-electron chi connectivity index (χ1n) is 9.80. The second-order valence-electron chi connectivity index (χ2n) is 7.20. The molecule has 1 heterocycles. The zero-order valence-corrected chi connectivity index (χ0v) is 16.8. The maximum Gasteiger partial charge on any atom is 0.266 e. The first-order valence-corrected chi connectivity index (χ1v) is 10.9. The number of hydrogen-bond acceptors (Lipinski definition) is 3. The van der Waals surface area contributed by atoms with Crippen LogP contribution in [0.1, 0.15) is 42.5 Å². The van der Waals surface area contributed by atoms with Crippen molar-refractivity contribution < 1.29 is 13.6 Å². The third-order valence-corrected chi connectivity index (χ3v) is 6.00. The highest BCUT2D eigenvalue weighted by molar-refractivity contribution is 7.81. The monoisotopic (exact) mass is 409 g/mol. The van der Waals surface area contributed by atoms with Gasteiger partial charge >= 0.3 is 0 Å². The van der Waals surface area contributed by atoms with Crippen LogP contribution in [0, 0.1) is 0 Å². The van der Waals surface area contributed by atoms with E-state index in [0.29, 0.717) is 22.5 Å². The van der Waals surface area contributed by atoms with E-state index in [0.717, 1.165) is 31.1 Å². The molecule has 29 heavy (non-hydrogen) atoms. The van der Waals surface area contributed by atoms with Gasteiger partial charge in [-0.1, -0.05) is 49.6 Å². The fourth-order valence-corrected chi connectivity index (χ4v) is 4.55. The molecule has 3 aromatic rings. The highest BCUT2D eigenvalue weighted by atomic mass is 32.2. The summed E-state index contributed by atoms with van der Waals surface area (Å²) < 4.78 is 23.8. The molecule has 1 aromatic heterocycles. The minimum Gasteiger partial charge on any atom is -0.349 e. The highest BCUT2D eigenvalue weighted by Gasteiger charge is 2.25. The Hall–Kier alpha value is -2.77. The molecule has 2 N–H and O–H groups in total. The summed E-state index contributed by atoms with van der Waals surface area (Å²) in [4.78, 5) is 17.4. The van der Waals surface area contributed by atoms with Crippen LogP contribution in [0.3, 0.4) is 0 Å². The van der Waals surface area contributed by atoms with Crippen molar-refractivity contribution in [3.63, 3.8) is 0 Å². The van der Waals surface area contributed by atoms with E-state index in [9.17, 15) is 13.6 Å². The van der Waals surface area contributed by atoms with E-state index in [1.807, 2.05) is 24.3 Å². The zero-order chi connectivity index (χ0) is 20.2. The normalized spacial score (nSPS) is 15.8. The topological polar surface area (TPSA) is 82.5 Å². The van der Waals surface area contributed by atoms with E-state index in [-0.39, 0.29) is 11.9 Å². The molecule has 0 spiro atoms. The van der Waals surface area contributed by atoms with Crippen molar-refractivity contribution >= 4 is 39.5 Å². The van der Waals surface area contributed by atoms with Crippen LogP contribution in [-0.4, -0.2) is 25.7 Å². The summed E-state index contributed by atoms with van der Waals surface area (Å²) in [6.45, 7) is 0. The number of fused-ring (bicyclic) bond motifs is 1. The number of pyridine rings is 1. The van der Waals surface area contributed by atoms with Gasteiger partial charge in [0.25, 0.3) is 17.2 Å². The number of carbonyl (C=O) groups is 1. The predicted octanol–water partition coefficient (Wildman–Crippen LogP) is 4.57. The van der Waals surface area contributed by atoms with Gasteiger partial charge in [-0.3, -0.25) is 14.3 Å². The zero-order valence-electron chi connectivity index (χ0n) is 16.0. The van der Waals surface area contributed by atoms with Crippen LogP contribution in [0.15, 0.2) is 60.8 Å². The number of anilines is 2. The molecular weight excluding hydrogens is 386 g/mol. The number of hydrogen-bond donors (Lipinski definition) is 2. The molecule has 1 fully saturated rings. The number of nitrogens with zero attached hydrogens (tertiary/aromatic N) is 2. The number of carbonyl (C=O) groups excluding carboxylic acids is 1. The van der Waals surface area contributed by atoms with Gasteiger partial charge in [0, 0.05) is 17.6 Å². The Morgan fingerprint density at radius 2 is 1.72 bits per heavy atom. The first kappa shape index (κ1) is 19.5. The van der Waals surface area contributed by atoms with Gasteiger partial charge in [0.15, 0.2) is 0 Å². The average Bonchev–Trinajstić information content (AvgIpc) is 2.75. The second kappa shape index (κ2) is 8.71. The summed E-state index contributed by atoms with van der Waals surface area (Å²) in [6.07, 6.45) is 7.01. The minimum absolute atomic E-state index is 0.150. The fraction of sp³-hybridized carbons (Fsp3) is 0.273. The molecular formula is C22H23N3O3S. The molecule has 0 saturated heterocycles. The highest BCUT2D eigenvalue weighted by Crippen LogP contribution is 2.34. The number of nitrogens with one attached hydrogen (secondary N) is 1. The smallest absolute Gasteiger partial charge is 0.266 e. The fourth-order valence-electron chi connectivity index (χ4n) is 3.90. The van der Waals surface area contributed by atoms with Crippen LogP contribution < -0.4 is 9.62 Å². The Morgan fingerprint density at radius 1 is 1.00 bits per heavy atom. The van der Waals surface area contributed by atoms with Crippen molar-refractivity contribution in [3.05, 3.63) is 66.4 Å². The molecule has 1 saturated carbocycles. The predicted molar refractivity (Wildman–Crippen MR) is 115 cm³/mol. The number of para-hydroxylation sites is 2. The number of aromatic nitrogens is 1. The summed E-state index contributed by atoms with van der Waals surface area (Å²) in [5, 5.41) is 3.95.